The summed E-state index contributed by atoms with van der Waals surface area (Å²) < 4.78 is 7.19. The van der Waals surface area contributed by atoms with E-state index in [0.717, 1.165) is 48.5 Å². The molecule has 5 nitrogen and oxygen atoms in total. The highest BCUT2D eigenvalue weighted by Gasteiger charge is 2.23. The molecule has 0 unspecified atom stereocenters. The smallest absolute Gasteiger partial charge is 0.255 e. The number of halogens is 1. The molecule has 1 aromatic carbocycles. The minimum Gasteiger partial charge on any atom is -0.467 e. The third kappa shape index (κ3) is 4.42. The van der Waals surface area contributed by atoms with Crippen LogP contribution in [0.25, 0.3) is 5.69 Å². The van der Waals surface area contributed by atoms with E-state index in [1.807, 2.05) is 41.1 Å². The molecule has 0 spiro atoms. The van der Waals surface area contributed by atoms with Gasteiger partial charge in [0.2, 0.25) is 0 Å². The Labute approximate surface area is 164 Å². The predicted octanol–water partition coefficient (Wildman–Crippen LogP) is 4.95. The van der Waals surface area contributed by atoms with E-state index in [1.54, 1.807) is 6.26 Å². The Kier molecular flexibility index (Phi) is 6.35. The standard InChI is InChI=1S/C21H24ClN3O2/c1-3-6-18-20(21(26)23-14-17-8-5-13-27-17)19(7-4-2)25(24-18)16-11-9-15(22)10-12-16/h5,8-13H,3-4,6-7,14H2,1-2H3,(H,23,26). The summed E-state index contributed by atoms with van der Waals surface area (Å²) in [5.41, 5.74) is 3.35. The van der Waals surface area contributed by atoms with Gasteiger partial charge in [0, 0.05) is 5.02 Å². The van der Waals surface area contributed by atoms with Crippen molar-refractivity contribution < 1.29 is 9.21 Å². The summed E-state index contributed by atoms with van der Waals surface area (Å²) in [6, 6.07) is 11.2. The van der Waals surface area contributed by atoms with Crippen LogP contribution in [0.15, 0.2) is 47.1 Å². The van der Waals surface area contributed by atoms with Crippen LogP contribution >= 0.6 is 11.6 Å². The van der Waals surface area contributed by atoms with Crippen molar-refractivity contribution in [2.75, 3.05) is 0 Å². The van der Waals surface area contributed by atoms with Crippen LogP contribution in [0, 0.1) is 0 Å². The van der Waals surface area contributed by atoms with E-state index in [1.165, 1.54) is 0 Å². The molecule has 0 radical (unpaired) electrons. The lowest BCUT2D eigenvalue weighted by Crippen LogP contribution is -2.24. The van der Waals surface area contributed by atoms with Crippen LogP contribution in [-0.2, 0) is 19.4 Å². The molecule has 0 fully saturated rings. The number of benzene rings is 1. The van der Waals surface area contributed by atoms with Gasteiger partial charge in [0.1, 0.15) is 5.76 Å². The molecule has 1 N–H and O–H groups in total. The molecule has 3 aromatic rings. The molecule has 1 amide bonds. The number of nitrogens with zero attached hydrogens (tertiary/aromatic N) is 2. The fraction of sp³-hybridized carbons (Fsp3) is 0.333. The number of carbonyl (C=O) groups excluding carboxylic acids is 1. The summed E-state index contributed by atoms with van der Waals surface area (Å²) in [5, 5.41) is 8.41. The maximum atomic E-state index is 13.0. The third-order valence-corrected chi connectivity index (χ3v) is 4.58. The van der Waals surface area contributed by atoms with Crippen molar-refractivity contribution in [2.24, 2.45) is 0 Å². The molecular weight excluding hydrogens is 362 g/mol. The highest BCUT2D eigenvalue weighted by Crippen LogP contribution is 2.23. The minimum atomic E-state index is -0.112. The molecule has 0 saturated carbocycles. The average molecular weight is 386 g/mol. The van der Waals surface area contributed by atoms with Gasteiger partial charge in [-0.2, -0.15) is 5.10 Å². The first-order chi connectivity index (χ1) is 13.1. The normalized spacial score (nSPS) is 10.9. The van der Waals surface area contributed by atoms with Crippen LogP contribution in [0.3, 0.4) is 0 Å². The second kappa shape index (κ2) is 8.91. The van der Waals surface area contributed by atoms with Gasteiger partial charge in [-0.25, -0.2) is 4.68 Å². The second-order valence-electron chi connectivity index (χ2n) is 6.42. The van der Waals surface area contributed by atoms with Crippen molar-refractivity contribution in [1.29, 1.82) is 0 Å². The van der Waals surface area contributed by atoms with Crippen molar-refractivity contribution in [3.8, 4) is 5.69 Å². The first-order valence-corrected chi connectivity index (χ1v) is 9.69. The lowest BCUT2D eigenvalue weighted by molar-refractivity contribution is 0.0946. The van der Waals surface area contributed by atoms with Gasteiger partial charge in [-0.3, -0.25) is 4.79 Å². The summed E-state index contributed by atoms with van der Waals surface area (Å²) in [4.78, 5) is 13.0. The van der Waals surface area contributed by atoms with Gasteiger partial charge in [0.15, 0.2) is 0 Å². The molecule has 0 bridgehead atoms. The Morgan fingerprint density at radius 3 is 2.52 bits per heavy atom. The van der Waals surface area contributed by atoms with Crippen LogP contribution < -0.4 is 5.32 Å². The first-order valence-electron chi connectivity index (χ1n) is 9.31. The number of hydrogen-bond acceptors (Lipinski definition) is 3. The number of hydrogen-bond donors (Lipinski definition) is 1. The average Bonchev–Trinajstić information content (AvgIpc) is 3.30. The molecule has 6 heteroatoms. The lowest BCUT2D eigenvalue weighted by atomic mass is 10.1. The van der Waals surface area contributed by atoms with Gasteiger partial charge in [-0.1, -0.05) is 38.3 Å². The number of aryl methyl sites for hydroxylation is 1. The zero-order chi connectivity index (χ0) is 19.2. The van der Waals surface area contributed by atoms with Gasteiger partial charge in [0.25, 0.3) is 5.91 Å². The van der Waals surface area contributed by atoms with E-state index in [2.05, 4.69) is 19.2 Å². The zero-order valence-corrected chi connectivity index (χ0v) is 16.4. The van der Waals surface area contributed by atoms with Gasteiger partial charge >= 0.3 is 0 Å². The fourth-order valence-electron chi connectivity index (χ4n) is 3.11. The summed E-state index contributed by atoms with van der Waals surface area (Å²) in [6.45, 7) is 4.55. The number of furan rings is 1. The number of carbonyl (C=O) groups is 1. The molecule has 0 saturated heterocycles. The van der Waals surface area contributed by atoms with E-state index in [9.17, 15) is 4.79 Å². The number of aromatic nitrogens is 2. The fourth-order valence-corrected chi connectivity index (χ4v) is 3.24. The topological polar surface area (TPSA) is 60.1 Å². The Morgan fingerprint density at radius 2 is 1.89 bits per heavy atom. The number of amides is 1. The van der Waals surface area contributed by atoms with Crippen LogP contribution in [0.2, 0.25) is 5.02 Å². The quantitative estimate of drug-likeness (QED) is 0.596. The van der Waals surface area contributed by atoms with Crippen molar-refractivity contribution in [2.45, 2.75) is 46.1 Å². The molecule has 142 valence electrons. The number of nitrogens with one attached hydrogen (secondary N) is 1. The van der Waals surface area contributed by atoms with Gasteiger partial charge < -0.3 is 9.73 Å². The summed E-state index contributed by atoms with van der Waals surface area (Å²) >= 11 is 6.02. The van der Waals surface area contributed by atoms with Gasteiger partial charge in [-0.15, -0.1) is 0 Å². The van der Waals surface area contributed by atoms with Crippen molar-refractivity contribution in [1.82, 2.24) is 15.1 Å². The Bertz CT molecular complexity index is 883. The maximum Gasteiger partial charge on any atom is 0.255 e. The highest BCUT2D eigenvalue weighted by atomic mass is 35.5. The van der Waals surface area contributed by atoms with E-state index in [4.69, 9.17) is 21.1 Å². The maximum absolute atomic E-state index is 13.0. The molecule has 3 rings (SSSR count). The van der Waals surface area contributed by atoms with Crippen molar-refractivity contribution >= 4 is 17.5 Å². The Morgan fingerprint density at radius 1 is 1.15 bits per heavy atom. The predicted molar refractivity (Wildman–Crippen MR) is 106 cm³/mol. The molecule has 0 aliphatic rings. The van der Waals surface area contributed by atoms with E-state index in [0.29, 0.717) is 17.1 Å². The molecular formula is C21H24ClN3O2. The lowest BCUT2D eigenvalue weighted by Gasteiger charge is -2.09. The van der Waals surface area contributed by atoms with Crippen LogP contribution in [0.5, 0.6) is 0 Å². The zero-order valence-electron chi connectivity index (χ0n) is 15.7. The first kappa shape index (κ1) is 19.2. The summed E-state index contributed by atoms with van der Waals surface area (Å²) in [6.07, 6.45) is 4.96. The molecule has 0 atom stereocenters. The molecule has 2 aromatic heterocycles. The highest BCUT2D eigenvalue weighted by molar-refractivity contribution is 6.30. The van der Waals surface area contributed by atoms with E-state index in [-0.39, 0.29) is 5.91 Å². The van der Waals surface area contributed by atoms with E-state index < -0.39 is 0 Å². The van der Waals surface area contributed by atoms with Gasteiger partial charge in [-0.05, 0) is 49.2 Å². The van der Waals surface area contributed by atoms with Crippen molar-refractivity contribution in [3.05, 3.63) is 70.4 Å². The van der Waals surface area contributed by atoms with Crippen LogP contribution in [0.4, 0.5) is 0 Å². The van der Waals surface area contributed by atoms with Crippen LogP contribution in [-0.4, -0.2) is 15.7 Å². The molecule has 0 aliphatic heterocycles. The largest absolute Gasteiger partial charge is 0.467 e. The third-order valence-electron chi connectivity index (χ3n) is 4.33. The molecule has 0 aliphatic carbocycles. The second-order valence-corrected chi connectivity index (χ2v) is 6.86. The summed E-state index contributed by atoms with van der Waals surface area (Å²) in [5.74, 6) is 0.612. The SMILES string of the molecule is CCCc1nn(-c2ccc(Cl)cc2)c(CCC)c1C(=O)NCc1ccco1. The monoisotopic (exact) mass is 385 g/mol. The van der Waals surface area contributed by atoms with Gasteiger partial charge in [0.05, 0.1) is 35.4 Å². The summed E-state index contributed by atoms with van der Waals surface area (Å²) in [7, 11) is 0. The van der Waals surface area contributed by atoms with Crippen molar-refractivity contribution in [3.63, 3.8) is 0 Å². The minimum absolute atomic E-state index is 0.112. The van der Waals surface area contributed by atoms with Crippen LogP contribution in [0.1, 0.15) is 54.2 Å². The number of rotatable bonds is 8. The Balaban J connectivity index is 1.98. The Hall–Kier alpha value is -2.53. The molecule has 2 heterocycles. The van der Waals surface area contributed by atoms with E-state index >= 15 is 0 Å². The molecule has 27 heavy (non-hydrogen) atoms.